The number of carboxylic acid groups (broad SMARTS) is 1. The Labute approximate surface area is 134 Å². The summed E-state index contributed by atoms with van der Waals surface area (Å²) in [6.45, 7) is 1.43. The van der Waals surface area contributed by atoms with Gasteiger partial charge in [-0.05, 0) is 43.6 Å². The van der Waals surface area contributed by atoms with Crippen molar-refractivity contribution in [3.8, 4) is 5.75 Å². The first-order valence-electron chi connectivity index (χ1n) is 7.70. The average Bonchev–Trinajstić information content (AvgIpc) is 3.10. The lowest BCUT2D eigenvalue weighted by Gasteiger charge is -2.35. The molecule has 6 heteroatoms. The number of ether oxygens (including phenoxy) is 1. The number of rotatable bonds is 5. The first-order chi connectivity index (χ1) is 11.2. The van der Waals surface area contributed by atoms with E-state index >= 15 is 0 Å². The number of nitrogens with zero attached hydrogens (tertiary/aromatic N) is 2. The fourth-order valence-electron chi connectivity index (χ4n) is 3.21. The maximum atomic E-state index is 11.8. The summed E-state index contributed by atoms with van der Waals surface area (Å²) in [6, 6.07) is 8.51. The molecule has 1 aliphatic heterocycles. The van der Waals surface area contributed by atoms with Crippen molar-refractivity contribution in [1.82, 2.24) is 10.1 Å². The van der Waals surface area contributed by atoms with Crippen molar-refractivity contribution in [2.75, 3.05) is 20.2 Å². The molecule has 1 aromatic heterocycles. The largest absolute Gasteiger partial charge is 0.497 e. The number of benzene rings is 1. The van der Waals surface area contributed by atoms with Crippen molar-refractivity contribution >= 4 is 5.97 Å². The molecule has 1 aliphatic rings. The molecule has 1 aromatic carbocycles. The van der Waals surface area contributed by atoms with E-state index in [4.69, 9.17) is 9.26 Å². The second-order valence-electron chi connectivity index (χ2n) is 5.75. The number of piperidine rings is 1. The third kappa shape index (κ3) is 3.37. The lowest BCUT2D eigenvalue weighted by molar-refractivity contribution is -0.144. The highest BCUT2D eigenvalue weighted by Gasteiger charge is 2.32. The first kappa shape index (κ1) is 15.6. The monoisotopic (exact) mass is 316 g/mol. The third-order valence-corrected chi connectivity index (χ3v) is 4.41. The number of hydrogen-bond acceptors (Lipinski definition) is 5. The van der Waals surface area contributed by atoms with Crippen LogP contribution in [-0.2, 0) is 4.79 Å². The molecule has 1 N–H and O–H groups in total. The second-order valence-corrected chi connectivity index (χ2v) is 5.75. The fourth-order valence-corrected chi connectivity index (χ4v) is 3.21. The number of hydrogen-bond donors (Lipinski definition) is 1. The van der Waals surface area contributed by atoms with E-state index in [1.807, 2.05) is 29.2 Å². The van der Waals surface area contributed by atoms with Gasteiger partial charge in [0, 0.05) is 12.0 Å². The van der Waals surface area contributed by atoms with E-state index in [1.54, 1.807) is 19.4 Å². The zero-order chi connectivity index (χ0) is 16.2. The highest BCUT2D eigenvalue weighted by Crippen LogP contribution is 2.32. The van der Waals surface area contributed by atoms with E-state index in [1.165, 1.54) is 0 Å². The van der Waals surface area contributed by atoms with Crippen LogP contribution in [0.15, 0.2) is 41.1 Å². The molecule has 2 heterocycles. The Kier molecular flexibility index (Phi) is 4.62. The lowest BCUT2D eigenvalue weighted by Crippen LogP contribution is -2.39. The summed E-state index contributed by atoms with van der Waals surface area (Å²) in [7, 11) is 1.58. The smallest absolute Gasteiger partial charge is 0.325 e. The number of methoxy groups -OCH3 is 1. The van der Waals surface area contributed by atoms with Crippen LogP contribution >= 0.6 is 0 Å². The van der Waals surface area contributed by atoms with Gasteiger partial charge in [-0.15, -0.1) is 0 Å². The standard InChI is InChI=1S/C17H20N2O4/c1-22-14-4-2-3-13(11-14)16(17(20)21)19-8-5-12(6-9-19)15-7-10-23-18-15/h2-4,7,10-12,16H,5-6,8-9H2,1H3,(H,20,21). The van der Waals surface area contributed by atoms with Crippen LogP contribution in [0.2, 0.25) is 0 Å². The van der Waals surface area contributed by atoms with Gasteiger partial charge >= 0.3 is 5.97 Å². The Morgan fingerprint density at radius 2 is 2.17 bits per heavy atom. The SMILES string of the molecule is COc1cccc(C(C(=O)O)N2CCC(c3ccon3)CC2)c1. The molecule has 23 heavy (non-hydrogen) atoms. The summed E-state index contributed by atoms with van der Waals surface area (Å²) in [5, 5.41) is 13.7. The van der Waals surface area contributed by atoms with Gasteiger partial charge in [0.1, 0.15) is 18.1 Å². The summed E-state index contributed by atoms with van der Waals surface area (Å²) < 4.78 is 10.1. The van der Waals surface area contributed by atoms with E-state index in [0.717, 1.165) is 24.1 Å². The molecule has 2 aromatic rings. The fraction of sp³-hybridized carbons (Fsp3) is 0.412. The Balaban J connectivity index is 1.74. The number of carbonyl (C=O) groups is 1. The van der Waals surface area contributed by atoms with Crippen molar-refractivity contribution in [3.05, 3.63) is 47.9 Å². The van der Waals surface area contributed by atoms with E-state index in [-0.39, 0.29) is 0 Å². The van der Waals surface area contributed by atoms with Crippen LogP contribution in [-0.4, -0.2) is 41.3 Å². The van der Waals surface area contributed by atoms with Crippen LogP contribution in [0, 0.1) is 0 Å². The van der Waals surface area contributed by atoms with Crippen molar-refractivity contribution in [2.45, 2.75) is 24.8 Å². The molecule has 0 amide bonds. The molecule has 1 fully saturated rings. The summed E-state index contributed by atoms with van der Waals surface area (Å²) in [6.07, 6.45) is 3.33. The molecular formula is C17H20N2O4. The highest BCUT2D eigenvalue weighted by atomic mass is 16.5. The lowest BCUT2D eigenvalue weighted by atomic mass is 9.91. The van der Waals surface area contributed by atoms with Crippen LogP contribution < -0.4 is 4.74 Å². The predicted molar refractivity (Wildman–Crippen MR) is 83.4 cm³/mol. The number of carboxylic acids is 1. The quantitative estimate of drug-likeness (QED) is 0.914. The van der Waals surface area contributed by atoms with E-state index in [2.05, 4.69) is 5.16 Å². The van der Waals surface area contributed by atoms with Crippen LogP contribution in [0.5, 0.6) is 5.75 Å². The number of aromatic nitrogens is 1. The van der Waals surface area contributed by atoms with E-state index < -0.39 is 12.0 Å². The summed E-state index contributed by atoms with van der Waals surface area (Å²) in [5.74, 6) is 0.175. The first-order valence-corrected chi connectivity index (χ1v) is 7.70. The molecule has 3 rings (SSSR count). The zero-order valence-corrected chi connectivity index (χ0v) is 13.0. The normalized spacial score (nSPS) is 17.8. The molecule has 0 spiro atoms. The predicted octanol–water partition coefficient (Wildman–Crippen LogP) is 2.69. The van der Waals surface area contributed by atoms with Gasteiger partial charge in [0.25, 0.3) is 0 Å². The maximum absolute atomic E-state index is 11.8. The van der Waals surface area contributed by atoms with Gasteiger partial charge in [0.15, 0.2) is 0 Å². The Hall–Kier alpha value is -2.34. The molecule has 1 atom stereocenters. The van der Waals surface area contributed by atoms with Gasteiger partial charge in [0.2, 0.25) is 0 Å². The van der Waals surface area contributed by atoms with Gasteiger partial charge in [-0.1, -0.05) is 17.3 Å². The molecule has 0 saturated carbocycles. The minimum absolute atomic E-state index is 0.338. The van der Waals surface area contributed by atoms with Crippen molar-refractivity contribution in [1.29, 1.82) is 0 Å². The van der Waals surface area contributed by atoms with Crippen molar-refractivity contribution in [3.63, 3.8) is 0 Å². The van der Waals surface area contributed by atoms with Gasteiger partial charge in [-0.3, -0.25) is 9.69 Å². The second kappa shape index (κ2) is 6.83. The van der Waals surface area contributed by atoms with Gasteiger partial charge < -0.3 is 14.4 Å². The molecule has 122 valence electrons. The Bertz CT molecular complexity index is 648. The minimum Gasteiger partial charge on any atom is -0.497 e. The van der Waals surface area contributed by atoms with Crippen molar-refractivity contribution < 1.29 is 19.2 Å². The third-order valence-electron chi connectivity index (χ3n) is 4.41. The van der Waals surface area contributed by atoms with E-state index in [0.29, 0.717) is 24.8 Å². The van der Waals surface area contributed by atoms with Gasteiger partial charge in [0.05, 0.1) is 12.8 Å². The molecule has 0 bridgehead atoms. The van der Waals surface area contributed by atoms with Crippen LogP contribution in [0.3, 0.4) is 0 Å². The van der Waals surface area contributed by atoms with E-state index in [9.17, 15) is 9.90 Å². The molecule has 1 unspecified atom stereocenters. The van der Waals surface area contributed by atoms with Crippen LogP contribution in [0.4, 0.5) is 0 Å². The Morgan fingerprint density at radius 1 is 1.39 bits per heavy atom. The number of aliphatic carboxylic acids is 1. The molecule has 6 nitrogen and oxygen atoms in total. The average molecular weight is 316 g/mol. The Morgan fingerprint density at radius 3 is 2.78 bits per heavy atom. The van der Waals surface area contributed by atoms with Crippen LogP contribution in [0.25, 0.3) is 0 Å². The van der Waals surface area contributed by atoms with Gasteiger partial charge in [-0.25, -0.2) is 0 Å². The molecule has 0 radical (unpaired) electrons. The summed E-state index contributed by atoms with van der Waals surface area (Å²) in [4.78, 5) is 13.8. The molecule has 0 aliphatic carbocycles. The number of likely N-dealkylation sites (tertiary alicyclic amines) is 1. The maximum Gasteiger partial charge on any atom is 0.325 e. The molecule has 1 saturated heterocycles. The zero-order valence-electron chi connectivity index (χ0n) is 13.0. The topological polar surface area (TPSA) is 75.8 Å². The van der Waals surface area contributed by atoms with Crippen LogP contribution in [0.1, 0.15) is 36.1 Å². The summed E-state index contributed by atoms with van der Waals surface area (Å²) in [5.41, 5.74) is 1.70. The van der Waals surface area contributed by atoms with Crippen molar-refractivity contribution in [2.24, 2.45) is 0 Å². The highest BCUT2D eigenvalue weighted by molar-refractivity contribution is 5.75. The minimum atomic E-state index is -0.835. The van der Waals surface area contributed by atoms with Gasteiger partial charge in [-0.2, -0.15) is 0 Å². The summed E-state index contributed by atoms with van der Waals surface area (Å²) >= 11 is 0. The molecular weight excluding hydrogens is 296 g/mol.